The van der Waals surface area contributed by atoms with Gasteiger partial charge in [0, 0.05) is 12.6 Å². The maximum absolute atomic E-state index is 10.4. The molecule has 0 fully saturated rings. The number of H-pyrrole nitrogens is 1. The Morgan fingerprint density at radius 1 is 1.03 bits per heavy atom. The summed E-state index contributed by atoms with van der Waals surface area (Å²) in [5, 5.41) is 3.72. The molecule has 5 rings (SSSR count). The van der Waals surface area contributed by atoms with Crippen molar-refractivity contribution < 1.29 is 18.0 Å². The number of halogens is 3. The lowest BCUT2D eigenvalue weighted by molar-refractivity contribution is -0.156. The number of aldehydes is 1. The van der Waals surface area contributed by atoms with E-state index in [1.54, 1.807) is 6.33 Å². The Balaban J connectivity index is 0.000000363. The van der Waals surface area contributed by atoms with Crippen LogP contribution in [0.4, 0.5) is 13.2 Å². The van der Waals surface area contributed by atoms with Gasteiger partial charge in [-0.2, -0.15) is 13.2 Å². The molecule has 4 nitrogen and oxygen atoms in total. The van der Waals surface area contributed by atoms with Crippen LogP contribution in [-0.4, -0.2) is 22.4 Å². The molecule has 32 heavy (non-hydrogen) atoms. The largest absolute Gasteiger partial charge is 0.446 e. The number of rotatable bonds is 4. The van der Waals surface area contributed by atoms with Crippen LogP contribution in [0.5, 0.6) is 0 Å². The van der Waals surface area contributed by atoms with Crippen molar-refractivity contribution in [1.82, 2.24) is 15.3 Å². The summed E-state index contributed by atoms with van der Waals surface area (Å²) in [5.74, 6) is 0. The van der Waals surface area contributed by atoms with Gasteiger partial charge in [0.2, 0.25) is 6.29 Å². The summed E-state index contributed by atoms with van der Waals surface area (Å²) in [5.41, 5.74) is 8.81. The zero-order valence-electron chi connectivity index (χ0n) is 17.2. The van der Waals surface area contributed by atoms with Crippen LogP contribution in [0.2, 0.25) is 0 Å². The lowest BCUT2D eigenvalue weighted by Gasteiger charge is -2.14. The van der Waals surface area contributed by atoms with E-state index in [1.165, 1.54) is 40.7 Å². The zero-order valence-corrected chi connectivity index (χ0v) is 17.2. The number of nitrogens with zero attached hydrogens (tertiary/aromatic N) is 1. The molecule has 0 amide bonds. The summed E-state index contributed by atoms with van der Waals surface area (Å²) in [6, 6.07) is 24.5. The molecule has 3 aromatic carbocycles. The van der Waals surface area contributed by atoms with E-state index in [-0.39, 0.29) is 0 Å². The van der Waals surface area contributed by atoms with E-state index < -0.39 is 12.5 Å². The van der Waals surface area contributed by atoms with Crippen LogP contribution < -0.4 is 5.32 Å². The molecular formula is C25H22F3N3O. The second-order valence-corrected chi connectivity index (χ2v) is 7.66. The predicted molar refractivity (Wildman–Crippen MR) is 118 cm³/mol. The minimum atomic E-state index is -4.64. The van der Waals surface area contributed by atoms with Crippen LogP contribution in [0.1, 0.15) is 29.2 Å². The van der Waals surface area contributed by atoms with Gasteiger partial charge in [-0.15, -0.1) is 0 Å². The molecule has 1 aliphatic rings. The number of hydrogen-bond acceptors (Lipinski definition) is 3. The number of alkyl halides is 3. The van der Waals surface area contributed by atoms with Gasteiger partial charge in [0.25, 0.3) is 0 Å². The number of aromatic amines is 1. The summed E-state index contributed by atoms with van der Waals surface area (Å²) in [6.07, 6.45) is -1.58. The molecule has 1 aliphatic carbocycles. The molecule has 4 aromatic rings. The van der Waals surface area contributed by atoms with Crippen molar-refractivity contribution in [2.24, 2.45) is 0 Å². The highest BCUT2D eigenvalue weighted by molar-refractivity contribution is 5.81. The molecule has 0 aliphatic heterocycles. The fourth-order valence-corrected chi connectivity index (χ4v) is 3.94. The van der Waals surface area contributed by atoms with Crippen LogP contribution in [0, 0.1) is 0 Å². The number of hydrogen-bond donors (Lipinski definition) is 2. The molecule has 1 heterocycles. The van der Waals surface area contributed by atoms with Crippen molar-refractivity contribution in [3.63, 3.8) is 0 Å². The Morgan fingerprint density at radius 3 is 2.50 bits per heavy atom. The molecule has 164 valence electrons. The first kappa shape index (κ1) is 21.8. The lowest BCUT2D eigenvalue weighted by Crippen LogP contribution is -2.18. The number of fused-ring (bicyclic) bond motifs is 2. The van der Waals surface area contributed by atoms with E-state index in [0.29, 0.717) is 6.04 Å². The second-order valence-electron chi connectivity index (χ2n) is 7.66. The Bertz CT molecular complexity index is 1200. The third-order valence-electron chi connectivity index (χ3n) is 5.53. The summed E-state index contributed by atoms with van der Waals surface area (Å²) in [7, 11) is 0. The summed E-state index contributed by atoms with van der Waals surface area (Å²) < 4.78 is 31.2. The Kier molecular flexibility index (Phi) is 6.37. The summed E-state index contributed by atoms with van der Waals surface area (Å²) in [6.45, 7) is 0.902. The highest BCUT2D eigenvalue weighted by atomic mass is 19.4. The molecular weight excluding hydrogens is 415 g/mol. The average Bonchev–Trinajstić information content (AvgIpc) is 3.44. The van der Waals surface area contributed by atoms with Gasteiger partial charge in [-0.25, -0.2) is 4.98 Å². The number of aryl methyl sites for hydroxylation is 1. The molecule has 0 saturated heterocycles. The molecule has 7 heteroatoms. The van der Waals surface area contributed by atoms with Crippen LogP contribution in [-0.2, 0) is 17.8 Å². The Hall–Kier alpha value is -3.45. The van der Waals surface area contributed by atoms with Gasteiger partial charge in [0.15, 0.2) is 0 Å². The number of carbonyl (C=O) groups excluding carboxylic acids is 1. The number of carbonyl (C=O) groups is 1. The molecule has 1 aromatic heterocycles. The molecule has 0 unspecified atom stereocenters. The van der Waals surface area contributed by atoms with Crippen LogP contribution in [0.15, 0.2) is 73.1 Å². The van der Waals surface area contributed by atoms with E-state index in [9.17, 15) is 13.2 Å². The summed E-state index contributed by atoms with van der Waals surface area (Å²) in [4.78, 5) is 16.2. The normalized spacial score (nSPS) is 15.2. The Labute approximate surface area is 183 Å². The topological polar surface area (TPSA) is 57.8 Å². The molecule has 0 bridgehead atoms. The molecule has 2 N–H and O–H groups in total. The van der Waals surface area contributed by atoms with Gasteiger partial charge in [-0.3, -0.25) is 4.79 Å². The van der Waals surface area contributed by atoms with Crippen molar-refractivity contribution in [2.45, 2.75) is 31.6 Å². The SMILES string of the molecule is O=CC(F)(F)F.c1ccc2c(c1)CC[C@@H]2NCc1ccc(-c2ccc3nc[nH]c3c2)cc1. The standard InChI is InChI=1S/C23H21N3.C2HF3O/c1-2-4-20-18(3-1)9-11-21(20)24-14-16-5-7-17(8-6-16)19-10-12-22-23(13-19)26-15-25-22;3-2(4,5)1-6/h1-8,10,12-13,15,21,24H,9,11,14H2,(H,25,26);1H/t21-;/m0./s1. The van der Waals surface area contributed by atoms with Crippen molar-refractivity contribution in [2.75, 3.05) is 0 Å². The zero-order chi connectivity index (χ0) is 22.6. The van der Waals surface area contributed by atoms with Gasteiger partial charge < -0.3 is 10.3 Å². The first-order valence-electron chi connectivity index (χ1n) is 10.3. The van der Waals surface area contributed by atoms with Gasteiger partial charge in [0.1, 0.15) is 0 Å². The molecule has 0 saturated carbocycles. The maximum Gasteiger partial charge on any atom is 0.446 e. The van der Waals surface area contributed by atoms with E-state index in [4.69, 9.17) is 4.79 Å². The third kappa shape index (κ3) is 5.23. The van der Waals surface area contributed by atoms with Crippen LogP contribution >= 0.6 is 0 Å². The average molecular weight is 437 g/mol. The van der Waals surface area contributed by atoms with E-state index in [1.807, 2.05) is 0 Å². The van der Waals surface area contributed by atoms with Crippen molar-refractivity contribution >= 4 is 17.3 Å². The van der Waals surface area contributed by atoms with E-state index in [0.717, 1.165) is 17.6 Å². The number of benzene rings is 3. The highest BCUT2D eigenvalue weighted by Crippen LogP contribution is 2.31. The van der Waals surface area contributed by atoms with Crippen LogP contribution in [0.3, 0.4) is 0 Å². The number of imidazole rings is 1. The number of nitrogens with one attached hydrogen (secondary N) is 2. The summed E-state index contributed by atoms with van der Waals surface area (Å²) >= 11 is 0. The van der Waals surface area contributed by atoms with E-state index in [2.05, 4.69) is 82.0 Å². The van der Waals surface area contributed by atoms with Gasteiger partial charge >= 0.3 is 6.18 Å². The fraction of sp³-hybridized carbons (Fsp3) is 0.200. The first-order chi connectivity index (χ1) is 15.4. The maximum atomic E-state index is 10.4. The first-order valence-corrected chi connectivity index (χ1v) is 10.3. The van der Waals surface area contributed by atoms with Crippen molar-refractivity contribution in [3.05, 3.63) is 89.7 Å². The monoisotopic (exact) mass is 437 g/mol. The van der Waals surface area contributed by atoms with E-state index >= 15 is 0 Å². The fourth-order valence-electron chi connectivity index (χ4n) is 3.94. The van der Waals surface area contributed by atoms with Crippen molar-refractivity contribution in [1.29, 1.82) is 0 Å². The minimum absolute atomic E-state index is 0.480. The van der Waals surface area contributed by atoms with Gasteiger partial charge in [-0.05, 0) is 52.8 Å². The lowest BCUT2D eigenvalue weighted by atomic mass is 10.0. The van der Waals surface area contributed by atoms with Gasteiger partial charge in [-0.1, -0.05) is 54.6 Å². The quantitative estimate of drug-likeness (QED) is 0.400. The predicted octanol–water partition coefficient (Wildman–Crippen LogP) is 5.75. The van der Waals surface area contributed by atoms with Gasteiger partial charge in [0.05, 0.1) is 17.4 Å². The molecule has 0 spiro atoms. The molecule has 1 atom stereocenters. The number of aromatic nitrogens is 2. The second kappa shape index (κ2) is 9.36. The third-order valence-corrected chi connectivity index (χ3v) is 5.53. The highest BCUT2D eigenvalue weighted by Gasteiger charge is 2.25. The van der Waals surface area contributed by atoms with Crippen molar-refractivity contribution in [3.8, 4) is 11.1 Å². The molecule has 0 radical (unpaired) electrons. The minimum Gasteiger partial charge on any atom is -0.345 e. The Morgan fingerprint density at radius 2 is 1.75 bits per heavy atom. The van der Waals surface area contributed by atoms with Crippen LogP contribution in [0.25, 0.3) is 22.2 Å². The smallest absolute Gasteiger partial charge is 0.345 e.